The lowest BCUT2D eigenvalue weighted by Gasteiger charge is -2.32. The van der Waals surface area contributed by atoms with Crippen LogP contribution in [0.1, 0.15) is 24.0 Å². The van der Waals surface area contributed by atoms with Crippen LogP contribution < -0.4 is 5.32 Å². The van der Waals surface area contributed by atoms with E-state index >= 15 is 0 Å². The summed E-state index contributed by atoms with van der Waals surface area (Å²) in [6, 6.07) is 8.58. The monoisotopic (exact) mass is 519 g/mol. The predicted octanol–water partition coefficient (Wildman–Crippen LogP) is 2.08. The summed E-state index contributed by atoms with van der Waals surface area (Å²) in [5, 5.41) is 3.55. The van der Waals surface area contributed by atoms with Crippen LogP contribution in [0.4, 0.5) is 0 Å². The molecule has 28 heavy (non-hydrogen) atoms. The summed E-state index contributed by atoms with van der Waals surface area (Å²) in [5.74, 6) is 2.19. The van der Waals surface area contributed by atoms with Gasteiger partial charge in [-0.15, -0.1) is 24.0 Å². The zero-order valence-corrected chi connectivity index (χ0v) is 19.3. The van der Waals surface area contributed by atoms with E-state index in [0.717, 1.165) is 58.1 Å². The first-order valence-corrected chi connectivity index (χ1v) is 11.8. The molecule has 3 aliphatic rings. The third-order valence-electron chi connectivity index (χ3n) is 5.83. The molecule has 0 spiro atoms. The van der Waals surface area contributed by atoms with Gasteiger partial charge in [-0.2, -0.15) is 0 Å². The molecule has 0 aliphatic carbocycles. The van der Waals surface area contributed by atoms with E-state index in [0.29, 0.717) is 18.2 Å². The summed E-state index contributed by atoms with van der Waals surface area (Å²) in [5.41, 5.74) is 2.77. The maximum Gasteiger partial charge on any atom is 0.194 e. The van der Waals surface area contributed by atoms with E-state index in [9.17, 15) is 8.42 Å². The fourth-order valence-corrected chi connectivity index (χ4v) is 6.01. The van der Waals surface area contributed by atoms with Crippen molar-refractivity contribution in [1.82, 2.24) is 10.2 Å². The Kier molecular flexibility index (Phi) is 7.60. The van der Waals surface area contributed by atoms with Gasteiger partial charge in [-0.05, 0) is 36.3 Å². The second-order valence-electron chi connectivity index (χ2n) is 7.98. The van der Waals surface area contributed by atoms with E-state index in [4.69, 9.17) is 9.73 Å². The molecule has 2 atom stereocenters. The van der Waals surface area contributed by atoms with E-state index in [-0.39, 0.29) is 35.6 Å². The predicted molar refractivity (Wildman–Crippen MR) is 122 cm³/mol. The highest BCUT2D eigenvalue weighted by Crippen LogP contribution is 2.21. The van der Waals surface area contributed by atoms with Gasteiger partial charge in [0.1, 0.15) is 0 Å². The van der Waals surface area contributed by atoms with Crippen LogP contribution >= 0.6 is 24.0 Å². The number of ether oxygens (including phenoxy) is 1. The minimum absolute atomic E-state index is 0. The number of aliphatic imine (C=N–C) groups is 1. The maximum atomic E-state index is 11.7. The van der Waals surface area contributed by atoms with E-state index in [1.807, 2.05) is 0 Å². The van der Waals surface area contributed by atoms with Gasteiger partial charge in [0, 0.05) is 38.7 Å². The zero-order chi connectivity index (χ0) is 18.7. The average molecular weight is 519 g/mol. The summed E-state index contributed by atoms with van der Waals surface area (Å²) < 4.78 is 29.0. The molecule has 8 heteroatoms. The highest BCUT2D eigenvalue weighted by molar-refractivity contribution is 14.0. The van der Waals surface area contributed by atoms with Gasteiger partial charge in [0.2, 0.25) is 0 Å². The molecule has 0 radical (unpaired) electrons. The summed E-state index contributed by atoms with van der Waals surface area (Å²) in [6.07, 6.45) is 2.84. The maximum absolute atomic E-state index is 11.7. The van der Waals surface area contributed by atoms with Crippen molar-refractivity contribution in [2.45, 2.75) is 25.8 Å². The van der Waals surface area contributed by atoms with Crippen LogP contribution in [0.15, 0.2) is 29.3 Å². The van der Waals surface area contributed by atoms with Crippen molar-refractivity contribution in [2.75, 3.05) is 44.4 Å². The molecular formula is C20H30IN3O3S. The van der Waals surface area contributed by atoms with Crippen molar-refractivity contribution < 1.29 is 13.2 Å². The van der Waals surface area contributed by atoms with Crippen molar-refractivity contribution in [2.24, 2.45) is 16.8 Å². The molecule has 2 saturated heterocycles. The SMILES string of the molecule is I.O=S1(=O)CCC(CN=C(NCC2CCOC2)N2CCc3ccccc3C2)C1. The molecular weight excluding hydrogens is 489 g/mol. The lowest BCUT2D eigenvalue weighted by atomic mass is 10.0. The van der Waals surface area contributed by atoms with Gasteiger partial charge < -0.3 is 15.0 Å². The molecule has 0 aromatic heterocycles. The Morgan fingerprint density at radius 1 is 1.21 bits per heavy atom. The van der Waals surface area contributed by atoms with E-state index in [1.165, 1.54) is 11.1 Å². The zero-order valence-electron chi connectivity index (χ0n) is 16.2. The standard InChI is InChI=1S/C20H29N3O3S.HI/c24-27(25)10-7-17(15-27)12-22-20(21-11-16-6-9-26-14-16)23-8-5-18-3-1-2-4-19(18)13-23;/h1-4,16-17H,5-15H2,(H,21,22);1H. The largest absolute Gasteiger partial charge is 0.381 e. The molecule has 1 aromatic carbocycles. The van der Waals surface area contributed by atoms with Gasteiger partial charge in [-0.3, -0.25) is 4.99 Å². The lowest BCUT2D eigenvalue weighted by Crippen LogP contribution is -2.45. The molecule has 3 heterocycles. The summed E-state index contributed by atoms with van der Waals surface area (Å²) in [4.78, 5) is 7.16. The number of rotatable bonds is 4. The average Bonchev–Trinajstić information content (AvgIpc) is 3.30. The van der Waals surface area contributed by atoms with Crippen molar-refractivity contribution in [3.05, 3.63) is 35.4 Å². The van der Waals surface area contributed by atoms with Crippen LogP contribution in [-0.4, -0.2) is 63.6 Å². The molecule has 0 amide bonds. The fourth-order valence-electron chi connectivity index (χ4n) is 4.16. The number of sulfone groups is 1. The highest BCUT2D eigenvalue weighted by Gasteiger charge is 2.28. The normalized spacial score (nSPS) is 26.6. The number of nitrogens with zero attached hydrogens (tertiary/aromatic N) is 2. The van der Waals surface area contributed by atoms with Crippen molar-refractivity contribution in [3.63, 3.8) is 0 Å². The topological polar surface area (TPSA) is 71.0 Å². The molecule has 1 aromatic rings. The molecule has 1 N–H and O–H groups in total. The van der Waals surface area contributed by atoms with Gasteiger partial charge in [-0.1, -0.05) is 24.3 Å². The van der Waals surface area contributed by atoms with Crippen LogP contribution in [0.2, 0.25) is 0 Å². The van der Waals surface area contributed by atoms with Gasteiger partial charge in [0.15, 0.2) is 15.8 Å². The van der Waals surface area contributed by atoms with Crippen LogP contribution in [0.3, 0.4) is 0 Å². The number of hydrogen-bond acceptors (Lipinski definition) is 4. The van der Waals surface area contributed by atoms with Crippen molar-refractivity contribution in [3.8, 4) is 0 Å². The van der Waals surface area contributed by atoms with Crippen LogP contribution in [0.25, 0.3) is 0 Å². The van der Waals surface area contributed by atoms with E-state index < -0.39 is 9.84 Å². The Balaban J connectivity index is 0.00000225. The number of fused-ring (bicyclic) bond motifs is 1. The van der Waals surface area contributed by atoms with Gasteiger partial charge in [0.25, 0.3) is 0 Å². The first-order chi connectivity index (χ1) is 13.1. The molecule has 156 valence electrons. The summed E-state index contributed by atoms with van der Waals surface area (Å²) >= 11 is 0. The molecule has 2 unspecified atom stereocenters. The van der Waals surface area contributed by atoms with E-state index in [1.54, 1.807) is 0 Å². The van der Waals surface area contributed by atoms with E-state index in [2.05, 4.69) is 34.5 Å². The van der Waals surface area contributed by atoms with Crippen molar-refractivity contribution >= 4 is 39.8 Å². The third kappa shape index (κ3) is 5.60. The Morgan fingerprint density at radius 3 is 2.75 bits per heavy atom. The second kappa shape index (κ2) is 9.75. The first-order valence-electron chi connectivity index (χ1n) is 9.97. The number of nitrogens with one attached hydrogen (secondary N) is 1. The minimum Gasteiger partial charge on any atom is -0.381 e. The number of guanidine groups is 1. The van der Waals surface area contributed by atoms with Gasteiger partial charge in [-0.25, -0.2) is 8.42 Å². The first kappa shape index (κ1) is 21.8. The van der Waals surface area contributed by atoms with Crippen LogP contribution in [0.5, 0.6) is 0 Å². The molecule has 2 fully saturated rings. The summed E-state index contributed by atoms with van der Waals surface area (Å²) in [7, 11) is -2.85. The molecule has 0 bridgehead atoms. The Bertz CT molecular complexity index is 794. The smallest absolute Gasteiger partial charge is 0.194 e. The lowest BCUT2D eigenvalue weighted by molar-refractivity contribution is 0.186. The Morgan fingerprint density at radius 2 is 2.04 bits per heavy atom. The quantitative estimate of drug-likeness (QED) is 0.375. The molecule has 3 aliphatic heterocycles. The van der Waals surface area contributed by atoms with Crippen LogP contribution in [-0.2, 0) is 27.5 Å². The summed E-state index contributed by atoms with van der Waals surface area (Å²) in [6.45, 7) is 4.89. The Labute approximate surface area is 185 Å². The second-order valence-corrected chi connectivity index (χ2v) is 10.2. The highest BCUT2D eigenvalue weighted by atomic mass is 127. The van der Waals surface area contributed by atoms with Crippen molar-refractivity contribution in [1.29, 1.82) is 0 Å². The third-order valence-corrected chi connectivity index (χ3v) is 7.67. The fraction of sp³-hybridized carbons (Fsp3) is 0.650. The molecule has 6 nitrogen and oxygen atoms in total. The number of hydrogen-bond donors (Lipinski definition) is 1. The Hall–Kier alpha value is -0.870. The number of halogens is 1. The molecule has 0 saturated carbocycles. The van der Waals surface area contributed by atoms with Crippen LogP contribution in [0, 0.1) is 11.8 Å². The van der Waals surface area contributed by atoms with Gasteiger partial charge >= 0.3 is 0 Å². The minimum atomic E-state index is -2.85. The van der Waals surface area contributed by atoms with Gasteiger partial charge in [0.05, 0.1) is 18.1 Å². The molecule has 4 rings (SSSR count). The number of benzene rings is 1.